The van der Waals surface area contributed by atoms with Gasteiger partial charge in [0.05, 0.1) is 19.9 Å². The fourth-order valence-corrected chi connectivity index (χ4v) is 2.34. The number of alkyl halides is 1. The van der Waals surface area contributed by atoms with Gasteiger partial charge in [-0.05, 0) is 31.9 Å². The molecule has 0 amide bonds. The molecular weight excluding hydrogens is 275 g/mol. The van der Waals surface area contributed by atoms with Crippen LogP contribution in [0.15, 0.2) is 24.3 Å². The van der Waals surface area contributed by atoms with E-state index in [0.29, 0.717) is 11.1 Å². The van der Waals surface area contributed by atoms with Gasteiger partial charge >= 0.3 is 11.9 Å². The molecule has 0 spiro atoms. The summed E-state index contributed by atoms with van der Waals surface area (Å²) in [7, 11) is 0. The van der Waals surface area contributed by atoms with E-state index in [0.717, 1.165) is 0 Å². The van der Waals surface area contributed by atoms with Crippen molar-refractivity contribution in [2.75, 3.05) is 19.9 Å². The third kappa shape index (κ3) is 3.40. The highest BCUT2D eigenvalue weighted by molar-refractivity contribution is 6.06. The van der Waals surface area contributed by atoms with Gasteiger partial charge in [-0.3, -0.25) is 14.0 Å². The van der Waals surface area contributed by atoms with Crippen molar-refractivity contribution in [2.24, 2.45) is 0 Å². The molecule has 0 aliphatic heterocycles. The minimum Gasteiger partial charge on any atom is -0.465 e. The quantitative estimate of drug-likeness (QED) is 0.573. The first-order valence-electron chi connectivity index (χ1n) is 7.01. The summed E-state index contributed by atoms with van der Waals surface area (Å²) in [6.07, 6.45) is -0.296. The molecule has 0 aromatic heterocycles. The molecule has 0 aliphatic rings. The summed E-state index contributed by atoms with van der Waals surface area (Å²) in [5.41, 5.74) is -0.599. The van der Waals surface area contributed by atoms with Crippen LogP contribution in [0.2, 0.25) is 0 Å². The van der Waals surface area contributed by atoms with Crippen molar-refractivity contribution in [3.63, 3.8) is 0 Å². The molecule has 0 unspecified atom stereocenters. The molecule has 0 aliphatic carbocycles. The molecule has 4 nitrogen and oxygen atoms in total. The van der Waals surface area contributed by atoms with Crippen LogP contribution < -0.4 is 0 Å². The second-order valence-electron chi connectivity index (χ2n) is 4.60. The summed E-state index contributed by atoms with van der Waals surface area (Å²) in [4.78, 5) is 24.9. The monoisotopic (exact) mass is 296 g/mol. The summed E-state index contributed by atoms with van der Waals surface area (Å²) in [5.74, 6) is -1.54. The van der Waals surface area contributed by atoms with Crippen molar-refractivity contribution >= 4 is 11.9 Å². The number of esters is 2. The fraction of sp³-hybridized carbons (Fsp3) is 0.500. The Balaban J connectivity index is 3.47. The van der Waals surface area contributed by atoms with Gasteiger partial charge < -0.3 is 9.47 Å². The van der Waals surface area contributed by atoms with Gasteiger partial charge in [0.25, 0.3) is 0 Å². The molecule has 1 aromatic carbocycles. The molecule has 0 heterocycles. The van der Waals surface area contributed by atoms with E-state index in [2.05, 4.69) is 0 Å². The second kappa shape index (κ2) is 7.76. The first kappa shape index (κ1) is 17.1. The lowest BCUT2D eigenvalue weighted by molar-refractivity contribution is -0.165. The zero-order chi connectivity index (χ0) is 15.9. The fourth-order valence-electron chi connectivity index (χ4n) is 2.34. The maximum atomic E-state index is 13.1. The average Bonchev–Trinajstić information content (AvgIpc) is 2.46. The van der Waals surface area contributed by atoms with E-state index in [9.17, 15) is 14.0 Å². The largest absolute Gasteiger partial charge is 0.465 e. The van der Waals surface area contributed by atoms with Gasteiger partial charge in [0.2, 0.25) is 0 Å². The van der Waals surface area contributed by atoms with Gasteiger partial charge in [-0.2, -0.15) is 0 Å². The van der Waals surface area contributed by atoms with Crippen molar-refractivity contribution in [3.05, 3.63) is 35.4 Å². The second-order valence-corrected chi connectivity index (χ2v) is 4.60. The number of hydrogen-bond donors (Lipinski definition) is 0. The molecule has 0 radical (unpaired) electrons. The van der Waals surface area contributed by atoms with Crippen molar-refractivity contribution < 1.29 is 23.5 Å². The number of carbonyl (C=O) groups excluding carboxylic acids is 2. The Morgan fingerprint density at radius 1 is 1.10 bits per heavy atom. The molecule has 0 saturated carbocycles. The lowest BCUT2D eigenvalue weighted by Gasteiger charge is -2.30. The maximum Gasteiger partial charge on any atom is 0.328 e. The van der Waals surface area contributed by atoms with Crippen molar-refractivity contribution in [2.45, 2.75) is 32.6 Å². The first-order valence-corrected chi connectivity index (χ1v) is 7.01. The highest BCUT2D eigenvalue weighted by atomic mass is 19.1. The van der Waals surface area contributed by atoms with Crippen LogP contribution in [0.5, 0.6) is 0 Å². The molecule has 0 atom stereocenters. The molecular formula is C16H21FO4. The van der Waals surface area contributed by atoms with E-state index in [1.807, 2.05) is 0 Å². The van der Waals surface area contributed by atoms with E-state index in [1.165, 1.54) is 0 Å². The van der Waals surface area contributed by atoms with Gasteiger partial charge in [0, 0.05) is 6.42 Å². The third-order valence-corrected chi connectivity index (χ3v) is 3.32. The zero-order valence-electron chi connectivity index (χ0n) is 12.6. The Morgan fingerprint density at radius 3 is 2.05 bits per heavy atom. The van der Waals surface area contributed by atoms with E-state index in [4.69, 9.17) is 9.47 Å². The lowest BCUT2D eigenvalue weighted by atomic mass is 9.76. The van der Waals surface area contributed by atoms with Gasteiger partial charge in [0.1, 0.15) is 0 Å². The van der Waals surface area contributed by atoms with Crippen molar-refractivity contribution in [3.8, 4) is 0 Å². The topological polar surface area (TPSA) is 52.6 Å². The predicted octanol–water partition coefficient (Wildman–Crippen LogP) is 2.72. The van der Waals surface area contributed by atoms with Crippen molar-refractivity contribution in [1.82, 2.24) is 0 Å². The Morgan fingerprint density at radius 2 is 1.62 bits per heavy atom. The standard InChI is InChI=1S/C16H21FO4/c1-4-20-14(18)16(10-11-17,15(19)21-5-2)13-9-7-6-8-12(13)3/h6-9H,4-5,10-11H2,1-3H3. The van der Waals surface area contributed by atoms with Gasteiger partial charge in [-0.25, -0.2) is 0 Å². The van der Waals surface area contributed by atoms with Gasteiger partial charge in [-0.15, -0.1) is 0 Å². The molecule has 1 rings (SSSR count). The average molecular weight is 296 g/mol. The first-order chi connectivity index (χ1) is 10.0. The third-order valence-electron chi connectivity index (χ3n) is 3.32. The summed E-state index contributed by atoms with van der Waals surface area (Å²) in [5, 5.41) is 0. The highest BCUT2D eigenvalue weighted by Gasteiger charge is 2.51. The smallest absolute Gasteiger partial charge is 0.328 e. The molecule has 21 heavy (non-hydrogen) atoms. The number of ether oxygens (including phenoxy) is 2. The van der Waals surface area contributed by atoms with Crippen LogP contribution in [0.3, 0.4) is 0 Å². The number of halogens is 1. The van der Waals surface area contributed by atoms with Crippen LogP contribution in [-0.2, 0) is 24.5 Å². The van der Waals surface area contributed by atoms with E-state index in [-0.39, 0.29) is 19.6 Å². The minimum atomic E-state index is -1.74. The van der Waals surface area contributed by atoms with Crippen LogP contribution in [0, 0.1) is 6.92 Å². The van der Waals surface area contributed by atoms with Crippen LogP contribution in [0.4, 0.5) is 4.39 Å². The van der Waals surface area contributed by atoms with Crippen molar-refractivity contribution in [1.29, 1.82) is 0 Å². The number of aryl methyl sites for hydroxylation is 1. The molecule has 0 saturated heterocycles. The number of benzene rings is 1. The van der Waals surface area contributed by atoms with Crippen LogP contribution >= 0.6 is 0 Å². The summed E-state index contributed by atoms with van der Waals surface area (Å²) in [6, 6.07) is 6.89. The number of carbonyl (C=O) groups is 2. The SMILES string of the molecule is CCOC(=O)C(CCF)(C(=O)OCC)c1ccccc1C. The predicted molar refractivity (Wildman–Crippen MR) is 76.7 cm³/mol. The molecule has 0 fully saturated rings. The van der Waals surface area contributed by atoms with Crippen LogP contribution in [0.1, 0.15) is 31.4 Å². The molecule has 0 N–H and O–H groups in total. The van der Waals surface area contributed by atoms with Crippen LogP contribution in [0.25, 0.3) is 0 Å². The minimum absolute atomic E-state index is 0.109. The van der Waals surface area contributed by atoms with Gasteiger partial charge in [-0.1, -0.05) is 24.3 Å². The molecule has 0 bridgehead atoms. The number of rotatable bonds is 7. The summed E-state index contributed by atoms with van der Waals surface area (Å²) in [6.45, 7) is 4.44. The maximum absolute atomic E-state index is 13.1. The number of hydrogen-bond acceptors (Lipinski definition) is 4. The van der Waals surface area contributed by atoms with E-state index < -0.39 is 24.0 Å². The van der Waals surface area contributed by atoms with E-state index >= 15 is 0 Å². The Kier molecular flexibility index (Phi) is 6.34. The van der Waals surface area contributed by atoms with Gasteiger partial charge in [0.15, 0.2) is 5.41 Å². The molecule has 116 valence electrons. The normalized spacial score (nSPS) is 11.0. The lowest BCUT2D eigenvalue weighted by Crippen LogP contribution is -2.47. The Bertz CT molecular complexity index is 481. The van der Waals surface area contributed by atoms with Crippen LogP contribution in [-0.4, -0.2) is 31.8 Å². The summed E-state index contributed by atoms with van der Waals surface area (Å²) >= 11 is 0. The highest BCUT2D eigenvalue weighted by Crippen LogP contribution is 2.34. The zero-order valence-corrected chi connectivity index (χ0v) is 12.6. The van der Waals surface area contributed by atoms with E-state index in [1.54, 1.807) is 45.0 Å². The Labute approximate surface area is 124 Å². The molecule has 1 aromatic rings. The Hall–Kier alpha value is -1.91. The summed E-state index contributed by atoms with van der Waals surface area (Å²) < 4.78 is 23.2. The molecule has 5 heteroatoms.